The number of aryl methyl sites for hydroxylation is 1. The molecule has 0 radical (unpaired) electrons. The van der Waals surface area contributed by atoms with Crippen LogP contribution in [0, 0.1) is 6.92 Å². The molecule has 112 valence electrons. The molecule has 1 amide bonds. The van der Waals surface area contributed by atoms with E-state index in [4.69, 9.17) is 4.52 Å². The summed E-state index contributed by atoms with van der Waals surface area (Å²) in [4.78, 5) is 19.3. The van der Waals surface area contributed by atoms with Gasteiger partial charge in [-0.25, -0.2) is 4.98 Å². The molecule has 0 saturated heterocycles. The molecule has 2 N–H and O–H groups in total. The average Bonchev–Trinajstić information content (AvgIpc) is 3.15. The molecule has 0 aliphatic carbocycles. The Morgan fingerprint density at radius 3 is 2.91 bits per heavy atom. The monoisotopic (exact) mass is 314 g/mol. The molecular weight excluding hydrogens is 300 g/mol. The molecule has 0 saturated carbocycles. The molecule has 0 atom stereocenters. The van der Waals surface area contributed by atoms with Crippen LogP contribution in [-0.4, -0.2) is 26.8 Å². The van der Waals surface area contributed by atoms with E-state index in [1.54, 1.807) is 19.2 Å². The first kappa shape index (κ1) is 14.4. The summed E-state index contributed by atoms with van der Waals surface area (Å²) in [6, 6.07) is 11.6. The lowest BCUT2D eigenvalue weighted by atomic mass is 10.2. The summed E-state index contributed by atoms with van der Waals surface area (Å²) in [5, 5.41) is 7.08. The lowest BCUT2D eigenvalue weighted by Crippen LogP contribution is -2.14. The number of aromatic nitrogens is 3. The van der Waals surface area contributed by atoms with Crippen molar-refractivity contribution < 1.29 is 9.32 Å². The van der Waals surface area contributed by atoms with Crippen molar-refractivity contribution in [2.75, 3.05) is 11.1 Å². The fraction of sp³-hybridized carbons (Fsp3) is 0.133. The maximum absolute atomic E-state index is 11.8. The van der Waals surface area contributed by atoms with Crippen LogP contribution >= 0.6 is 11.8 Å². The number of thioether (sulfide) groups is 1. The van der Waals surface area contributed by atoms with Crippen LogP contribution in [0.5, 0.6) is 0 Å². The van der Waals surface area contributed by atoms with Crippen LogP contribution in [0.4, 0.5) is 5.82 Å². The SMILES string of the molecule is Cc1cc(NC(=O)CSc2ncc(-c3ccccc3)[nH]2)no1. The number of imidazole rings is 1. The summed E-state index contributed by atoms with van der Waals surface area (Å²) in [6.07, 6.45) is 1.76. The predicted molar refractivity (Wildman–Crippen MR) is 84.6 cm³/mol. The Hall–Kier alpha value is -2.54. The summed E-state index contributed by atoms with van der Waals surface area (Å²) >= 11 is 1.33. The smallest absolute Gasteiger partial charge is 0.236 e. The van der Waals surface area contributed by atoms with Gasteiger partial charge in [-0.2, -0.15) is 0 Å². The Balaban J connectivity index is 1.56. The molecule has 22 heavy (non-hydrogen) atoms. The van der Waals surface area contributed by atoms with E-state index in [0.29, 0.717) is 16.7 Å². The summed E-state index contributed by atoms with van der Waals surface area (Å²) in [5.41, 5.74) is 1.99. The summed E-state index contributed by atoms with van der Waals surface area (Å²) in [6.45, 7) is 1.77. The number of rotatable bonds is 5. The van der Waals surface area contributed by atoms with E-state index < -0.39 is 0 Å². The van der Waals surface area contributed by atoms with Gasteiger partial charge in [0.15, 0.2) is 11.0 Å². The highest BCUT2D eigenvalue weighted by Crippen LogP contribution is 2.21. The third-order valence-electron chi connectivity index (χ3n) is 2.87. The van der Waals surface area contributed by atoms with E-state index >= 15 is 0 Å². The Kier molecular flexibility index (Phi) is 4.24. The van der Waals surface area contributed by atoms with Crippen LogP contribution in [0.1, 0.15) is 5.76 Å². The van der Waals surface area contributed by atoms with E-state index in [1.807, 2.05) is 30.3 Å². The van der Waals surface area contributed by atoms with Gasteiger partial charge in [-0.3, -0.25) is 4.79 Å². The van der Waals surface area contributed by atoms with E-state index in [0.717, 1.165) is 11.3 Å². The lowest BCUT2D eigenvalue weighted by Gasteiger charge is -1.99. The van der Waals surface area contributed by atoms with Gasteiger partial charge < -0.3 is 14.8 Å². The molecule has 3 aromatic rings. The number of H-pyrrole nitrogens is 1. The standard InChI is InChI=1S/C15H14N4O2S/c1-10-7-13(19-21-10)18-14(20)9-22-15-16-8-12(17-15)11-5-3-2-4-6-11/h2-8H,9H2,1H3,(H,16,17)(H,18,19,20). The first-order valence-electron chi connectivity index (χ1n) is 6.67. The fourth-order valence-corrected chi connectivity index (χ4v) is 2.53. The van der Waals surface area contributed by atoms with Gasteiger partial charge in [0.25, 0.3) is 0 Å². The van der Waals surface area contributed by atoms with Crippen LogP contribution < -0.4 is 5.32 Å². The average molecular weight is 314 g/mol. The quantitative estimate of drug-likeness (QED) is 0.707. The zero-order chi connectivity index (χ0) is 15.4. The van der Waals surface area contributed by atoms with E-state index in [1.165, 1.54) is 11.8 Å². The van der Waals surface area contributed by atoms with Crippen LogP contribution in [-0.2, 0) is 4.79 Å². The number of nitrogens with one attached hydrogen (secondary N) is 2. The molecule has 7 heteroatoms. The van der Waals surface area contributed by atoms with E-state index in [2.05, 4.69) is 20.4 Å². The zero-order valence-electron chi connectivity index (χ0n) is 11.9. The summed E-state index contributed by atoms with van der Waals surface area (Å²) < 4.78 is 4.89. The van der Waals surface area contributed by atoms with Crippen molar-refractivity contribution in [3.63, 3.8) is 0 Å². The predicted octanol–water partition coefficient (Wildman–Crippen LogP) is 3.10. The number of hydrogen-bond acceptors (Lipinski definition) is 5. The number of nitrogens with zero attached hydrogens (tertiary/aromatic N) is 2. The zero-order valence-corrected chi connectivity index (χ0v) is 12.7. The Morgan fingerprint density at radius 2 is 2.18 bits per heavy atom. The van der Waals surface area contributed by atoms with Crippen molar-refractivity contribution in [1.82, 2.24) is 15.1 Å². The second-order valence-electron chi connectivity index (χ2n) is 4.63. The first-order valence-corrected chi connectivity index (χ1v) is 7.65. The number of benzene rings is 1. The highest BCUT2D eigenvalue weighted by atomic mass is 32.2. The van der Waals surface area contributed by atoms with Crippen molar-refractivity contribution in [2.45, 2.75) is 12.1 Å². The summed E-state index contributed by atoms with van der Waals surface area (Å²) in [5.74, 6) is 1.16. The van der Waals surface area contributed by atoms with E-state index in [-0.39, 0.29) is 11.7 Å². The Bertz CT molecular complexity index is 767. The van der Waals surface area contributed by atoms with Gasteiger partial charge in [0.05, 0.1) is 17.6 Å². The molecule has 0 bridgehead atoms. The van der Waals surface area contributed by atoms with Crippen molar-refractivity contribution in [3.8, 4) is 11.3 Å². The molecule has 1 aromatic carbocycles. The number of aromatic amines is 1. The largest absolute Gasteiger partial charge is 0.360 e. The molecule has 0 fully saturated rings. The lowest BCUT2D eigenvalue weighted by molar-refractivity contribution is -0.113. The van der Waals surface area contributed by atoms with Gasteiger partial charge >= 0.3 is 0 Å². The minimum atomic E-state index is -0.157. The highest BCUT2D eigenvalue weighted by molar-refractivity contribution is 7.99. The van der Waals surface area contributed by atoms with Crippen molar-refractivity contribution in [1.29, 1.82) is 0 Å². The molecule has 2 heterocycles. The number of amides is 1. The van der Waals surface area contributed by atoms with Crippen molar-refractivity contribution >= 4 is 23.5 Å². The fourth-order valence-electron chi connectivity index (χ4n) is 1.88. The third-order valence-corrected chi connectivity index (χ3v) is 3.76. The molecule has 3 rings (SSSR count). The molecule has 0 unspecified atom stereocenters. The molecule has 0 aliphatic heterocycles. The molecule has 0 aliphatic rings. The van der Waals surface area contributed by atoms with E-state index in [9.17, 15) is 4.79 Å². The Labute approximate surface area is 131 Å². The van der Waals surface area contributed by atoms with Crippen LogP contribution in [0.3, 0.4) is 0 Å². The molecular formula is C15H14N4O2S. The topological polar surface area (TPSA) is 83.8 Å². The number of carbonyl (C=O) groups excluding carboxylic acids is 1. The summed E-state index contributed by atoms with van der Waals surface area (Å²) in [7, 11) is 0. The van der Waals surface area contributed by atoms with Crippen LogP contribution in [0.25, 0.3) is 11.3 Å². The Morgan fingerprint density at radius 1 is 1.36 bits per heavy atom. The maximum atomic E-state index is 11.8. The van der Waals surface area contributed by atoms with Gasteiger partial charge in [0, 0.05) is 6.07 Å². The van der Waals surface area contributed by atoms with Crippen molar-refractivity contribution in [3.05, 3.63) is 48.4 Å². The molecule has 6 nitrogen and oxygen atoms in total. The van der Waals surface area contributed by atoms with Gasteiger partial charge in [0.1, 0.15) is 5.76 Å². The minimum absolute atomic E-state index is 0.157. The number of anilines is 1. The number of hydrogen-bond donors (Lipinski definition) is 2. The highest BCUT2D eigenvalue weighted by Gasteiger charge is 2.09. The normalized spacial score (nSPS) is 10.6. The second-order valence-corrected chi connectivity index (χ2v) is 5.59. The van der Waals surface area contributed by atoms with Gasteiger partial charge in [-0.05, 0) is 12.5 Å². The van der Waals surface area contributed by atoms with Gasteiger partial charge in [0.2, 0.25) is 5.91 Å². The number of carbonyl (C=O) groups is 1. The van der Waals surface area contributed by atoms with Gasteiger partial charge in [-0.15, -0.1) is 0 Å². The van der Waals surface area contributed by atoms with Crippen molar-refractivity contribution in [2.24, 2.45) is 0 Å². The minimum Gasteiger partial charge on any atom is -0.360 e. The second kappa shape index (κ2) is 6.48. The molecule has 0 spiro atoms. The van der Waals surface area contributed by atoms with Crippen LogP contribution in [0.15, 0.2) is 52.3 Å². The van der Waals surface area contributed by atoms with Gasteiger partial charge in [-0.1, -0.05) is 47.3 Å². The third kappa shape index (κ3) is 3.56. The molecule has 2 aromatic heterocycles. The van der Waals surface area contributed by atoms with Crippen LogP contribution in [0.2, 0.25) is 0 Å². The maximum Gasteiger partial charge on any atom is 0.236 e. The first-order chi connectivity index (χ1) is 10.7.